The molecular formula is C12H20N2O3S2. The lowest BCUT2D eigenvalue weighted by Crippen LogP contribution is -2.37. The summed E-state index contributed by atoms with van der Waals surface area (Å²) in [6, 6.07) is 1.66. The van der Waals surface area contributed by atoms with Gasteiger partial charge in [-0.25, -0.2) is 8.42 Å². The molecule has 19 heavy (non-hydrogen) atoms. The summed E-state index contributed by atoms with van der Waals surface area (Å²) >= 11 is 1.38. The third kappa shape index (κ3) is 3.35. The molecule has 1 atom stereocenters. The van der Waals surface area contributed by atoms with Gasteiger partial charge in [-0.05, 0) is 18.9 Å². The average molecular weight is 304 g/mol. The second-order valence-corrected chi connectivity index (χ2v) is 7.48. The van der Waals surface area contributed by atoms with Gasteiger partial charge in [0.1, 0.15) is 0 Å². The molecule has 1 saturated heterocycles. The molecule has 2 heterocycles. The molecule has 0 aliphatic carbocycles. The average Bonchev–Trinajstić information content (AvgIpc) is 3.06. The van der Waals surface area contributed by atoms with Gasteiger partial charge in [0.15, 0.2) is 0 Å². The summed E-state index contributed by atoms with van der Waals surface area (Å²) in [5.74, 6) is 0. The highest BCUT2D eigenvalue weighted by Crippen LogP contribution is 2.24. The van der Waals surface area contributed by atoms with Crippen LogP contribution in [-0.2, 0) is 21.3 Å². The van der Waals surface area contributed by atoms with Gasteiger partial charge in [0, 0.05) is 36.5 Å². The molecule has 0 amide bonds. The van der Waals surface area contributed by atoms with Crippen molar-refractivity contribution in [2.24, 2.45) is 5.73 Å². The summed E-state index contributed by atoms with van der Waals surface area (Å²) in [7, 11) is -3.42. The number of ether oxygens (including phenoxy) is 1. The Morgan fingerprint density at radius 1 is 1.58 bits per heavy atom. The molecule has 1 aliphatic heterocycles. The zero-order valence-electron chi connectivity index (χ0n) is 11.0. The number of hydrogen-bond acceptors (Lipinski definition) is 5. The highest BCUT2D eigenvalue weighted by Gasteiger charge is 2.28. The maximum absolute atomic E-state index is 12.5. The van der Waals surface area contributed by atoms with Crippen molar-refractivity contribution >= 4 is 21.4 Å². The number of nitrogens with zero attached hydrogens (tertiary/aromatic N) is 1. The standard InChI is InChI=1S/C12H20N2O3S2/c1-2-14(8-10-4-3-5-17-10)19(15,16)12-6-11(7-13)18-9-12/h6,9-10H,2-5,7-8,13H2,1H3. The lowest BCUT2D eigenvalue weighted by atomic mass is 10.2. The van der Waals surface area contributed by atoms with E-state index in [1.54, 1.807) is 11.4 Å². The van der Waals surface area contributed by atoms with Crippen molar-refractivity contribution in [1.29, 1.82) is 0 Å². The molecule has 2 N–H and O–H groups in total. The van der Waals surface area contributed by atoms with Crippen LogP contribution >= 0.6 is 11.3 Å². The highest BCUT2D eigenvalue weighted by atomic mass is 32.2. The van der Waals surface area contributed by atoms with Gasteiger partial charge in [0.2, 0.25) is 10.0 Å². The minimum Gasteiger partial charge on any atom is -0.377 e. The largest absolute Gasteiger partial charge is 0.377 e. The molecule has 5 nitrogen and oxygen atoms in total. The Morgan fingerprint density at radius 3 is 2.89 bits per heavy atom. The van der Waals surface area contributed by atoms with Crippen LogP contribution in [0, 0.1) is 0 Å². The van der Waals surface area contributed by atoms with Crippen LogP contribution in [0.15, 0.2) is 16.3 Å². The molecule has 0 radical (unpaired) electrons. The van der Waals surface area contributed by atoms with E-state index in [0.717, 1.165) is 24.3 Å². The number of hydrogen-bond donors (Lipinski definition) is 1. The van der Waals surface area contributed by atoms with Gasteiger partial charge >= 0.3 is 0 Å². The van der Waals surface area contributed by atoms with Crippen molar-refractivity contribution in [2.45, 2.75) is 37.3 Å². The first kappa shape index (κ1) is 14.9. The first-order chi connectivity index (χ1) is 9.07. The van der Waals surface area contributed by atoms with Gasteiger partial charge in [0.05, 0.1) is 11.0 Å². The maximum Gasteiger partial charge on any atom is 0.243 e. The van der Waals surface area contributed by atoms with Crippen molar-refractivity contribution < 1.29 is 13.2 Å². The highest BCUT2D eigenvalue weighted by molar-refractivity contribution is 7.89. The molecule has 1 aromatic heterocycles. The first-order valence-corrected chi connectivity index (χ1v) is 8.79. The van der Waals surface area contributed by atoms with E-state index in [1.807, 2.05) is 6.92 Å². The lowest BCUT2D eigenvalue weighted by Gasteiger charge is -2.22. The van der Waals surface area contributed by atoms with Gasteiger partial charge in [-0.15, -0.1) is 11.3 Å². The fourth-order valence-electron chi connectivity index (χ4n) is 2.16. The summed E-state index contributed by atoms with van der Waals surface area (Å²) in [5, 5.41) is 1.66. The molecule has 1 unspecified atom stereocenters. The summed E-state index contributed by atoms with van der Waals surface area (Å²) in [6.07, 6.45) is 1.98. The fraction of sp³-hybridized carbons (Fsp3) is 0.667. The zero-order valence-corrected chi connectivity index (χ0v) is 12.7. The molecule has 1 aliphatic rings. The molecule has 0 saturated carbocycles. The Kier molecular flexibility index (Phi) is 4.97. The molecule has 1 fully saturated rings. The molecule has 0 aromatic carbocycles. The Bertz CT molecular complexity index is 507. The van der Waals surface area contributed by atoms with Crippen LogP contribution < -0.4 is 5.73 Å². The lowest BCUT2D eigenvalue weighted by molar-refractivity contribution is 0.0947. The predicted molar refractivity (Wildman–Crippen MR) is 75.6 cm³/mol. The van der Waals surface area contributed by atoms with Gasteiger partial charge in [-0.3, -0.25) is 0 Å². The molecule has 7 heteroatoms. The van der Waals surface area contributed by atoms with Crippen LogP contribution in [0.3, 0.4) is 0 Å². The van der Waals surface area contributed by atoms with Crippen LogP contribution in [0.5, 0.6) is 0 Å². The fourth-order valence-corrected chi connectivity index (χ4v) is 4.79. The molecule has 0 spiro atoms. The molecule has 108 valence electrons. The molecule has 0 bridgehead atoms. The number of thiophene rings is 1. The maximum atomic E-state index is 12.5. The van der Waals surface area contributed by atoms with Gasteiger partial charge in [0.25, 0.3) is 0 Å². The van der Waals surface area contributed by atoms with E-state index in [0.29, 0.717) is 24.5 Å². The summed E-state index contributed by atoms with van der Waals surface area (Å²) in [5.41, 5.74) is 5.53. The van der Waals surface area contributed by atoms with E-state index >= 15 is 0 Å². The topological polar surface area (TPSA) is 72.6 Å². The van der Waals surface area contributed by atoms with Gasteiger partial charge < -0.3 is 10.5 Å². The van der Waals surface area contributed by atoms with Gasteiger partial charge in [-0.1, -0.05) is 6.92 Å². The van der Waals surface area contributed by atoms with Crippen molar-refractivity contribution in [3.63, 3.8) is 0 Å². The minimum absolute atomic E-state index is 0.0299. The Balaban J connectivity index is 2.15. The molecule has 2 rings (SSSR count). The van der Waals surface area contributed by atoms with E-state index in [9.17, 15) is 8.42 Å². The van der Waals surface area contributed by atoms with E-state index < -0.39 is 10.0 Å². The van der Waals surface area contributed by atoms with Crippen molar-refractivity contribution in [3.8, 4) is 0 Å². The van der Waals surface area contributed by atoms with E-state index in [1.165, 1.54) is 15.6 Å². The summed E-state index contributed by atoms with van der Waals surface area (Å²) in [4.78, 5) is 1.23. The van der Waals surface area contributed by atoms with Crippen molar-refractivity contribution in [3.05, 3.63) is 16.3 Å². The smallest absolute Gasteiger partial charge is 0.243 e. The zero-order chi connectivity index (χ0) is 13.9. The minimum atomic E-state index is -3.42. The van der Waals surface area contributed by atoms with E-state index in [-0.39, 0.29) is 6.10 Å². The quantitative estimate of drug-likeness (QED) is 0.862. The van der Waals surface area contributed by atoms with Crippen LogP contribution in [0.1, 0.15) is 24.6 Å². The van der Waals surface area contributed by atoms with Crippen molar-refractivity contribution in [2.75, 3.05) is 19.7 Å². The second kappa shape index (κ2) is 6.32. The van der Waals surface area contributed by atoms with Crippen LogP contribution in [0.4, 0.5) is 0 Å². The monoisotopic (exact) mass is 304 g/mol. The Morgan fingerprint density at radius 2 is 2.37 bits per heavy atom. The first-order valence-electron chi connectivity index (χ1n) is 6.47. The van der Waals surface area contributed by atoms with E-state index in [2.05, 4.69) is 0 Å². The molecule has 1 aromatic rings. The van der Waals surface area contributed by atoms with Crippen LogP contribution in [0.2, 0.25) is 0 Å². The SMILES string of the molecule is CCN(CC1CCCO1)S(=O)(=O)c1csc(CN)c1. The number of likely N-dealkylation sites (N-methyl/N-ethyl adjacent to an activating group) is 1. The third-order valence-corrected chi connectivity index (χ3v) is 6.28. The van der Waals surface area contributed by atoms with E-state index in [4.69, 9.17) is 10.5 Å². The van der Waals surface area contributed by atoms with Gasteiger partial charge in [-0.2, -0.15) is 4.31 Å². The normalized spacial score (nSPS) is 20.3. The Labute approximate surface area is 118 Å². The predicted octanol–water partition coefficient (Wildman–Crippen LogP) is 1.40. The summed E-state index contributed by atoms with van der Waals surface area (Å²) in [6.45, 7) is 3.85. The van der Waals surface area contributed by atoms with Crippen LogP contribution in [-0.4, -0.2) is 38.5 Å². The Hall–Kier alpha value is -0.470. The number of rotatable bonds is 6. The summed E-state index contributed by atoms with van der Waals surface area (Å²) < 4.78 is 32.0. The van der Waals surface area contributed by atoms with Crippen molar-refractivity contribution in [1.82, 2.24) is 4.31 Å². The molecular weight excluding hydrogens is 284 g/mol. The van der Waals surface area contributed by atoms with Crippen LogP contribution in [0.25, 0.3) is 0 Å². The third-order valence-electron chi connectivity index (χ3n) is 3.25. The number of sulfonamides is 1. The number of nitrogens with two attached hydrogens (primary N) is 1. The second-order valence-electron chi connectivity index (χ2n) is 4.54.